The van der Waals surface area contributed by atoms with Gasteiger partial charge in [-0.25, -0.2) is 0 Å². The summed E-state index contributed by atoms with van der Waals surface area (Å²) in [5.74, 6) is 0. The average molecular weight is 130 g/mol. The van der Waals surface area contributed by atoms with E-state index < -0.39 is 0 Å². The number of halogens is 1. The third kappa shape index (κ3) is 7.67. The van der Waals surface area contributed by atoms with E-state index in [1.165, 1.54) is 6.42 Å². The van der Waals surface area contributed by atoms with Gasteiger partial charge in [0.15, 0.2) is 0 Å². The summed E-state index contributed by atoms with van der Waals surface area (Å²) in [6.45, 7) is 3.45. The summed E-state index contributed by atoms with van der Waals surface area (Å²) in [6, 6.07) is 0. The van der Waals surface area contributed by atoms with Gasteiger partial charge in [-0.2, -0.15) is 0 Å². The van der Waals surface area contributed by atoms with Gasteiger partial charge in [-0.15, -0.1) is 6.58 Å². The first-order chi connectivity index (χ1) is 4.41. The van der Waals surface area contributed by atoms with Gasteiger partial charge in [0.05, 0.1) is 6.67 Å². The van der Waals surface area contributed by atoms with E-state index >= 15 is 0 Å². The van der Waals surface area contributed by atoms with Crippen LogP contribution >= 0.6 is 0 Å². The fourth-order valence-corrected chi connectivity index (χ4v) is 0.737. The van der Waals surface area contributed by atoms with Gasteiger partial charge in [-0.1, -0.05) is 18.9 Å². The van der Waals surface area contributed by atoms with Crippen LogP contribution in [0.4, 0.5) is 4.39 Å². The van der Waals surface area contributed by atoms with Crippen LogP contribution in [0, 0.1) is 0 Å². The summed E-state index contributed by atoms with van der Waals surface area (Å²) in [5.41, 5.74) is 0. The SMILES string of the molecule is C=CCCCCCCF. The largest absolute Gasteiger partial charge is 0.251 e. The van der Waals surface area contributed by atoms with Crippen LogP contribution < -0.4 is 0 Å². The van der Waals surface area contributed by atoms with Crippen molar-refractivity contribution in [2.45, 2.75) is 32.1 Å². The van der Waals surface area contributed by atoms with Crippen molar-refractivity contribution in [1.82, 2.24) is 0 Å². The molecule has 54 valence electrons. The van der Waals surface area contributed by atoms with Crippen LogP contribution in [0.15, 0.2) is 12.7 Å². The van der Waals surface area contributed by atoms with Gasteiger partial charge in [0.1, 0.15) is 0 Å². The van der Waals surface area contributed by atoms with E-state index in [9.17, 15) is 4.39 Å². The molecule has 0 saturated heterocycles. The van der Waals surface area contributed by atoms with Crippen molar-refractivity contribution in [3.05, 3.63) is 12.7 Å². The molecule has 0 aromatic carbocycles. The highest BCUT2D eigenvalue weighted by atomic mass is 19.1. The summed E-state index contributed by atoms with van der Waals surface area (Å²) < 4.78 is 11.5. The minimum atomic E-state index is -0.159. The summed E-state index contributed by atoms with van der Waals surface area (Å²) in [5, 5.41) is 0. The molecule has 0 fully saturated rings. The van der Waals surface area contributed by atoms with Crippen molar-refractivity contribution in [3.63, 3.8) is 0 Å². The first-order valence-corrected chi connectivity index (χ1v) is 3.58. The van der Waals surface area contributed by atoms with Gasteiger partial charge in [0, 0.05) is 0 Å². The van der Waals surface area contributed by atoms with Crippen molar-refractivity contribution in [3.8, 4) is 0 Å². The number of hydrogen-bond acceptors (Lipinski definition) is 0. The van der Waals surface area contributed by atoms with Crippen LogP contribution in [-0.2, 0) is 0 Å². The highest BCUT2D eigenvalue weighted by Crippen LogP contribution is 2.02. The number of unbranched alkanes of at least 4 members (excludes halogenated alkanes) is 4. The second-order valence-electron chi connectivity index (χ2n) is 2.18. The second kappa shape index (κ2) is 7.67. The second-order valence-corrected chi connectivity index (χ2v) is 2.18. The van der Waals surface area contributed by atoms with E-state index in [1.807, 2.05) is 6.08 Å². The maximum Gasteiger partial charge on any atom is 0.0894 e. The van der Waals surface area contributed by atoms with Crippen LogP contribution in [0.3, 0.4) is 0 Å². The lowest BCUT2D eigenvalue weighted by atomic mass is 10.1. The Kier molecular flexibility index (Phi) is 7.39. The topological polar surface area (TPSA) is 0 Å². The molecule has 0 bridgehead atoms. The first-order valence-electron chi connectivity index (χ1n) is 3.58. The maximum absolute atomic E-state index is 11.5. The molecule has 0 saturated carbocycles. The molecule has 9 heavy (non-hydrogen) atoms. The summed E-state index contributed by atoms with van der Waals surface area (Å²) in [4.78, 5) is 0. The quantitative estimate of drug-likeness (QED) is 0.383. The zero-order valence-electron chi connectivity index (χ0n) is 5.91. The van der Waals surface area contributed by atoms with E-state index in [4.69, 9.17) is 0 Å². The Bertz CT molecular complexity index is 59.6. The molecule has 0 aromatic rings. The van der Waals surface area contributed by atoms with Crippen molar-refractivity contribution in [1.29, 1.82) is 0 Å². The van der Waals surface area contributed by atoms with Crippen molar-refractivity contribution in [2.75, 3.05) is 6.67 Å². The lowest BCUT2D eigenvalue weighted by Gasteiger charge is -1.93. The van der Waals surface area contributed by atoms with E-state index in [-0.39, 0.29) is 6.67 Å². The Balaban J connectivity index is 2.66. The molecule has 0 aliphatic rings. The zero-order chi connectivity index (χ0) is 6.95. The molecule has 0 heterocycles. The summed E-state index contributed by atoms with van der Waals surface area (Å²) in [6.07, 6.45) is 7.07. The van der Waals surface area contributed by atoms with Crippen LogP contribution in [0.1, 0.15) is 32.1 Å². The molecule has 0 spiro atoms. The van der Waals surface area contributed by atoms with E-state index in [1.54, 1.807) is 0 Å². The standard InChI is InChI=1S/C8H15F/c1-2-3-4-5-6-7-8-9/h2H,1,3-8H2. The molecular weight excluding hydrogens is 115 g/mol. The highest BCUT2D eigenvalue weighted by Gasteiger charge is 1.85. The molecule has 0 aliphatic heterocycles. The fourth-order valence-electron chi connectivity index (χ4n) is 0.737. The number of allylic oxidation sites excluding steroid dienone is 1. The number of rotatable bonds is 6. The molecule has 0 aromatic heterocycles. The smallest absolute Gasteiger partial charge is 0.0894 e. The van der Waals surface area contributed by atoms with Gasteiger partial charge in [-0.05, 0) is 19.3 Å². The Hall–Kier alpha value is -0.330. The Labute approximate surface area is 56.8 Å². The van der Waals surface area contributed by atoms with Gasteiger partial charge < -0.3 is 0 Å². The molecule has 0 amide bonds. The predicted molar refractivity (Wildman–Crippen MR) is 39.3 cm³/mol. The highest BCUT2D eigenvalue weighted by molar-refractivity contribution is 4.65. The van der Waals surface area contributed by atoms with Gasteiger partial charge in [-0.3, -0.25) is 4.39 Å². The van der Waals surface area contributed by atoms with Crippen molar-refractivity contribution in [2.24, 2.45) is 0 Å². The third-order valence-corrected chi connectivity index (χ3v) is 1.29. The van der Waals surface area contributed by atoms with Crippen LogP contribution in [0.2, 0.25) is 0 Å². The third-order valence-electron chi connectivity index (χ3n) is 1.29. The minimum absolute atomic E-state index is 0.159. The molecule has 0 rings (SSSR count). The lowest BCUT2D eigenvalue weighted by molar-refractivity contribution is 0.453. The molecule has 0 atom stereocenters. The average Bonchev–Trinajstić information content (AvgIpc) is 1.89. The lowest BCUT2D eigenvalue weighted by Crippen LogP contribution is -1.77. The summed E-state index contributed by atoms with van der Waals surface area (Å²) in [7, 11) is 0. The van der Waals surface area contributed by atoms with Gasteiger partial charge in [0.25, 0.3) is 0 Å². The Morgan fingerprint density at radius 3 is 2.33 bits per heavy atom. The minimum Gasteiger partial charge on any atom is -0.251 e. The van der Waals surface area contributed by atoms with Crippen molar-refractivity contribution >= 4 is 0 Å². The summed E-state index contributed by atoms with van der Waals surface area (Å²) >= 11 is 0. The van der Waals surface area contributed by atoms with Gasteiger partial charge in [0.2, 0.25) is 0 Å². The first kappa shape index (κ1) is 8.67. The van der Waals surface area contributed by atoms with E-state index in [0.717, 1.165) is 25.7 Å². The normalized spacial score (nSPS) is 9.44. The Morgan fingerprint density at radius 1 is 1.11 bits per heavy atom. The molecule has 1 heteroatoms. The van der Waals surface area contributed by atoms with Crippen LogP contribution in [0.25, 0.3) is 0 Å². The Morgan fingerprint density at radius 2 is 1.78 bits per heavy atom. The van der Waals surface area contributed by atoms with Crippen LogP contribution in [-0.4, -0.2) is 6.67 Å². The van der Waals surface area contributed by atoms with Crippen molar-refractivity contribution < 1.29 is 4.39 Å². The van der Waals surface area contributed by atoms with Crippen LogP contribution in [0.5, 0.6) is 0 Å². The molecule has 0 unspecified atom stereocenters. The predicted octanol–water partition coefficient (Wildman–Crippen LogP) is 3.09. The molecule has 0 aliphatic carbocycles. The fraction of sp³-hybridized carbons (Fsp3) is 0.750. The molecule has 0 N–H and O–H groups in total. The number of alkyl halides is 1. The molecule has 0 nitrogen and oxygen atoms in total. The molecular formula is C8H15F. The van der Waals surface area contributed by atoms with E-state index in [2.05, 4.69) is 6.58 Å². The zero-order valence-corrected chi connectivity index (χ0v) is 5.91. The van der Waals surface area contributed by atoms with E-state index in [0.29, 0.717) is 0 Å². The molecule has 0 radical (unpaired) electrons. The monoisotopic (exact) mass is 130 g/mol. The van der Waals surface area contributed by atoms with Gasteiger partial charge >= 0.3 is 0 Å². The number of hydrogen-bond donors (Lipinski definition) is 0. The maximum atomic E-state index is 11.5.